The molecule has 82 valence electrons. The largest absolute Gasteiger partial charge is 0.434 e. The molecule has 0 bridgehead atoms. The standard InChI is InChI=1S/C11H20O3/c1-4-6-7-9(5-2)11-13-8(3)10(12)14-11/h8-9,11H,4-7H2,1-3H3. The second-order valence-corrected chi connectivity index (χ2v) is 3.89. The molecule has 0 aliphatic carbocycles. The molecule has 0 aromatic rings. The lowest BCUT2D eigenvalue weighted by Gasteiger charge is -2.19. The van der Waals surface area contributed by atoms with Gasteiger partial charge in [-0.3, -0.25) is 0 Å². The Labute approximate surface area is 85.8 Å². The number of ether oxygens (including phenoxy) is 2. The number of cyclic esters (lactones) is 1. The van der Waals surface area contributed by atoms with Crippen molar-refractivity contribution in [2.24, 2.45) is 5.92 Å². The van der Waals surface area contributed by atoms with Crippen LogP contribution in [0.4, 0.5) is 0 Å². The van der Waals surface area contributed by atoms with Gasteiger partial charge in [-0.05, 0) is 19.8 Å². The molecule has 1 aliphatic heterocycles. The predicted octanol–water partition coefficient (Wildman–Crippen LogP) is 2.49. The maximum absolute atomic E-state index is 11.1. The first kappa shape index (κ1) is 11.5. The molecule has 0 spiro atoms. The highest BCUT2D eigenvalue weighted by Gasteiger charge is 2.35. The summed E-state index contributed by atoms with van der Waals surface area (Å²) in [6, 6.07) is 0. The van der Waals surface area contributed by atoms with Gasteiger partial charge < -0.3 is 9.47 Å². The molecule has 0 aromatic carbocycles. The van der Waals surface area contributed by atoms with Crippen LogP contribution in [0.5, 0.6) is 0 Å². The molecule has 3 nitrogen and oxygen atoms in total. The van der Waals surface area contributed by atoms with E-state index in [1.165, 1.54) is 12.8 Å². The number of rotatable bonds is 5. The quantitative estimate of drug-likeness (QED) is 0.640. The summed E-state index contributed by atoms with van der Waals surface area (Å²) in [5, 5.41) is 0. The number of esters is 1. The molecule has 1 aliphatic rings. The zero-order valence-electron chi connectivity index (χ0n) is 9.29. The lowest BCUT2D eigenvalue weighted by molar-refractivity contribution is -0.148. The number of unbranched alkanes of at least 4 members (excludes halogenated alkanes) is 1. The zero-order chi connectivity index (χ0) is 10.6. The van der Waals surface area contributed by atoms with Crippen molar-refractivity contribution in [2.75, 3.05) is 0 Å². The Bertz CT molecular complexity index is 191. The van der Waals surface area contributed by atoms with Gasteiger partial charge >= 0.3 is 5.97 Å². The minimum Gasteiger partial charge on any atom is -0.434 e. The van der Waals surface area contributed by atoms with Crippen LogP contribution < -0.4 is 0 Å². The van der Waals surface area contributed by atoms with Gasteiger partial charge in [-0.2, -0.15) is 0 Å². The fourth-order valence-corrected chi connectivity index (χ4v) is 1.70. The van der Waals surface area contributed by atoms with E-state index in [-0.39, 0.29) is 18.4 Å². The van der Waals surface area contributed by atoms with Crippen LogP contribution in [0.15, 0.2) is 0 Å². The van der Waals surface area contributed by atoms with E-state index in [9.17, 15) is 4.79 Å². The summed E-state index contributed by atoms with van der Waals surface area (Å²) in [6.07, 6.45) is 3.75. The van der Waals surface area contributed by atoms with E-state index in [2.05, 4.69) is 13.8 Å². The van der Waals surface area contributed by atoms with Gasteiger partial charge in [0.15, 0.2) is 6.10 Å². The van der Waals surface area contributed by atoms with E-state index in [1.807, 2.05) is 0 Å². The number of carbonyl (C=O) groups is 1. The Balaban J connectivity index is 2.41. The van der Waals surface area contributed by atoms with Crippen LogP contribution in [0.2, 0.25) is 0 Å². The maximum Gasteiger partial charge on any atom is 0.337 e. The van der Waals surface area contributed by atoms with Crippen molar-refractivity contribution in [1.82, 2.24) is 0 Å². The highest BCUT2D eigenvalue weighted by atomic mass is 16.8. The summed E-state index contributed by atoms with van der Waals surface area (Å²) < 4.78 is 10.6. The second-order valence-electron chi connectivity index (χ2n) is 3.89. The Morgan fingerprint density at radius 3 is 2.57 bits per heavy atom. The molecule has 0 N–H and O–H groups in total. The average molecular weight is 200 g/mol. The monoisotopic (exact) mass is 200 g/mol. The third-order valence-corrected chi connectivity index (χ3v) is 2.74. The smallest absolute Gasteiger partial charge is 0.337 e. The van der Waals surface area contributed by atoms with E-state index in [0.717, 1.165) is 12.8 Å². The Morgan fingerprint density at radius 2 is 2.14 bits per heavy atom. The molecule has 0 aromatic heterocycles. The maximum atomic E-state index is 11.1. The number of hydrogen-bond acceptors (Lipinski definition) is 3. The first-order chi connectivity index (χ1) is 6.69. The third kappa shape index (κ3) is 2.71. The molecule has 0 radical (unpaired) electrons. The Morgan fingerprint density at radius 1 is 1.43 bits per heavy atom. The SMILES string of the molecule is CCCCC(CC)C1OC(=O)C(C)O1. The van der Waals surface area contributed by atoms with Crippen LogP contribution in [-0.4, -0.2) is 18.4 Å². The first-order valence-electron chi connectivity index (χ1n) is 5.55. The van der Waals surface area contributed by atoms with Gasteiger partial charge in [0, 0.05) is 5.92 Å². The van der Waals surface area contributed by atoms with E-state index >= 15 is 0 Å². The van der Waals surface area contributed by atoms with Crippen molar-refractivity contribution in [3.8, 4) is 0 Å². The highest BCUT2D eigenvalue weighted by Crippen LogP contribution is 2.26. The Kier molecular flexibility index (Phi) is 4.39. The van der Waals surface area contributed by atoms with Crippen LogP contribution in [0, 0.1) is 5.92 Å². The fourth-order valence-electron chi connectivity index (χ4n) is 1.70. The molecule has 0 amide bonds. The van der Waals surface area contributed by atoms with E-state index in [4.69, 9.17) is 9.47 Å². The summed E-state index contributed by atoms with van der Waals surface area (Å²) in [7, 11) is 0. The summed E-state index contributed by atoms with van der Waals surface area (Å²) in [5.41, 5.74) is 0. The molecular formula is C11H20O3. The van der Waals surface area contributed by atoms with E-state index in [1.54, 1.807) is 6.92 Å². The minimum atomic E-state index is -0.379. The third-order valence-electron chi connectivity index (χ3n) is 2.74. The lowest BCUT2D eigenvalue weighted by Crippen LogP contribution is -2.21. The molecule has 1 saturated heterocycles. The van der Waals surface area contributed by atoms with Crippen LogP contribution in [0.25, 0.3) is 0 Å². The van der Waals surface area contributed by atoms with Gasteiger partial charge in [-0.1, -0.05) is 26.7 Å². The lowest BCUT2D eigenvalue weighted by atomic mass is 9.99. The highest BCUT2D eigenvalue weighted by molar-refractivity contribution is 5.75. The summed E-state index contributed by atoms with van der Waals surface area (Å²) in [5.74, 6) is 0.147. The summed E-state index contributed by atoms with van der Waals surface area (Å²) in [6.45, 7) is 6.02. The van der Waals surface area contributed by atoms with Gasteiger partial charge in [-0.25, -0.2) is 4.79 Å². The summed E-state index contributed by atoms with van der Waals surface area (Å²) in [4.78, 5) is 11.1. The van der Waals surface area contributed by atoms with Crippen LogP contribution >= 0.6 is 0 Å². The van der Waals surface area contributed by atoms with E-state index < -0.39 is 0 Å². The molecule has 1 fully saturated rings. The molecular weight excluding hydrogens is 180 g/mol. The Hall–Kier alpha value is -0.570. The van der Waals surface area contributed by atoms with Crippen molar-refractivity contribution in [3.05, 3.63) is 0 Å². The van der Waals surface area contributed by atoms with Gasteiger partial charge in [0.2, 0.25) is 6.29 Å². The summed E-state index contributed by atoms with van der Waals surface area (Å²) >= 11 is 0. The topological polar surface area (TPSA) is 35.5 Å². The molecule has 1 heterocycles. The minimum absolute atomic E-state index is 0.218. The van der Waals surface area contributed by atoms with Crippen LogP contribution in [-0.2, 0) is 14.3 Å². The number of hydrogen-bond donors (Lipinski definition) is 0. The van der Waals surface area contributed by atoms with Crippen molar-refractivity contribution >= 4 is 5.97 Å². The van der Waals surface area contributed by atoms with Crippen molar-refractivity contribution in [2.45, 2.75) is 58.8 Å². The normalized spacial score (nSPS) is 28.9. The zero-order valence-corrected chi connectivity index (χ0v) is 9.29. The molecule has 1 rings (SSSR count). The van der Waals surface area contributed by atoms with Gasteiger partial charge in [-0.15, -0.1) is 0 Å². The van der Waals surface area contributed by atoms with Crippen molar-refractivity contribution < 1.29 is 14.3 Å². The molecule has 3 unspecified atom stereocenters. The first-order valence-corrected chi connectivity index (χ1v) is 5.55. The average Bonchev–Trinajstić information content (AvgIpc) is 2.48. The molecule has 3 atom stereocenters. The van der Waals surface area contributed by atoms with Crippen LogP contribution in [0.3, 0.4) is 0 Å². The molecule has 0 saturated carbocycles. The van der Waals surface area contributed by atoms with Crippen LogP contribution in [0.1, 0.15) is 46.5 Å². The molecule has 14 heavy (non-hydrogen) atoms. The van der Waals surface area contributed by atoms with E-state index in [0.29, 0.717) is 5.92 Å². The fraction of sp³-hybridized carbons (Fsp3) is 0.909. The predicted molar refractivity (Wildman–Crippen MR) is 53.7 cm³/mol. The van der Waals surface area contributed by atoms with Crippen molar-refractivity contribution in [3.63, 3.8) is 0 Å². The second kappa shape index (κ2) is 5.35. The van der Waals surface area contributed by atoms with Gasteiger partial charge in [0.05, 0.1) is 0 Å². The molecule has 3 heteroatoms. The van der Waals surface area contributed by atoms with Gasteiger partial charge in [0.25, 0.3) is 0 Å². The van der Waals surface area contributed by atoms with Crippen molar-refractivity contribution in [1.29, 1.82) is 0 Å². The van der Waals surface area contributed by atoms with Gasteiger partial charge in [0.1, 0.15) is 0 Å². The number of carbonyl (C=O) groups excluding carboxylic acids is 1.